The summed E-state index contributed by atoms with van der Waals surface area (Å²) < 4.78 is 9.25. The topological polar surface area (TPSA) is 117 Å². The van der Waals surface area contributed by atoms with Crippen molar-refractivity contribution in [2.24, 2.45) is 0 Å². The quantitative estimate of drug-likeness (QED) is 0.211. The Kier molecular flexibility index (Phi) is 3.77. The third-order valence-electron chi connectivity index (χ3n) is 3.32. The number of carbonyl (C=O) groups is 2. The minimum atomic E-state index is -1.22. The Morgan fingerprint density at radius 3 is 2.45 bits per heavy atom. The van der Waals surface area contributed by atoms with Gasteiger partial charge in [0, 0.05) is 11.6 Å². The Morgan fingerprint density at radius 2 is 1.91 bits per heavy atom. The number of hydrogen-bond acceptors (Lipinski definition) is 7. The average Bonchev–Trinajstić information content (AvgIpc) is 2.46. The van der Waals surface area contributed by atoms with E-state index in [-0.39, 0.29) is 16.7 Å². The van der Waals surface area contributed by atoms with Crippen LogP contribution in [0.25, 0.3) is 11.0 Å². The number of fused-ring (bicyclic) bond motifs is 1. The molecule has 0 bridgehead atoms. The molecule has 0 saturated carbocycles. The zero-order valence-electron chi connectivity index (χ0n) is 12.0. The second-order valence-corrected chi connectivity index (χ2v) is 4.60. The third-order valence-corrected chi connectivity index (χ3v) is 3.32. The van der Waals surface area contributed by atoms with E-state index in [1.807, 2.05) is 0 Å². The van der Waals surface area contributed by atoms with E-state index in [0.29, 0.717) is 11.1 Å². The standard InChI is InChI=1S/C14H11NO7/c1-6-4-9-11(12(7(6)2)15(19)20)8(5-10(16)22-9)13(17)14(18)21-3/h4-5H,1-3H3. The smallest absolute Gasteiger partial charge is 0.379 e. The molecule has 114 valence electrons. The second-order valence-electron chi connectivity index (χ2n) is 4.60. The number of ketones is 1. The molecule has 8 nitrogen and oxygen atoms in total. The van der Waals surface area contributed by atoms with E-state index in [1.54, 1.807) is 6.92 Å². The summed E-state index contributed by atoms with van der Waals surface area (Å²) in [5, 5.41) is 11.2. The van der Waals surface area contributed by atoms with Crippen LogP contribution in [0.3, 0.4) is 0 Å². The zero-order valence-corrected chi connectivity index (χ0v) is 12.0. The molecule has 2 rings (SSSR count). The number of Topliss-reactive ketones (excluding diaryl/α,β-unsaturated/α-hetero) is 1. The molecule has 0 aliphatic carbocycles. The largest absolute Gasteiger partial charge is 0.463 e. The number of ether oxygens (including phenoxy) is 1. The Morgan fingerprint density at radius 1 is 1.27 bits per heavy atom. The van der Waals surface area contributed by atoms with Gasteiger partial charge in [-0.25, -0.2) is 9.59 Å². The number of nitro benzene ring substituents is 1. The maximum Gasteiger partial charge on any atom is 0.379 e. The SMILES string of the molecule is COC(=O)C(=O)c1cc(=O)oc2cc(C)c(C)c([N+](=O)[O-])c12. The van der Waals surface area contributed by atoms with Gasteiger partial charge in [-0.3, -0.25) is 14.9 Å². The number of nitro groups is 1. The van der Waals surface area contributed by atoms with Gasteiger partial charge in [-0.05, 0) is 25.5 Å². The van der Waals surface area contributed by atoms with Gasteiger partial charge >= 0.3 is 11.6 Å². The number of esters is 1. The number of nitrogens with zero attached hydrogens (tertiary/aromatic N) is 1. The molecule has 0 radical (unpaired) electrons. The van der Waals surface area contributed by atoms with Gasteiger partial charge in [-0.1, -0.05) is 0 Å². The summed E-state index contributed by atoms with van der Waals surface area (Å²) >= 11 is 0. The molecule has 1 heterocycles. The van der Waals surface area contributed by atoms with Crippen molar-refractivity contribution in [1.29, 1.82) is 0 Å². The van der Waals surface area contributed by atoms with Gasteiger partial charge in [-0.2, -0.15) is 0 Å². The predicted octanol–water partition coefficient (Wildman–Crippen LogP) is 1.67. The normalized spacial score (nSPS) is 10.5. The minimum absolute atomic E-state index is 0.130. The predicted molar refractivity (Wildman–Crippen MR) is 75.0 cm³/mol. The molecular weight excluding hydrogens is 294 g/mol. The molecule has 0 N–H and O–H groups in total. The van der Waals surface area contributed by atoms with Crippen molar-refractivity contribution in [1.82, 2.24) is 0 Å². The summed E-state index contributed by atoms with van der Waals surface area (Å²) in [7, 11) is 0.998. The van der Waals surface area contributed by atoms with Crippen LogP contribution in [0.4, 0.5) is 5.69 Å². The van der Waals surface area contributed by atoms with Gasteiger partial charge in [0.1, 0.15) is 11.0 Å². The number of methoxy groups -OCH3 is 1. The number of benzene rings is 1. The van der Waals surface area contributed by atoms with E-state index in [2.05, 4.69) is 4.74 Å². The maximum atomic E-state index is 12.0. The van der Waals surface area contributed by atoms with E-state index in [1.165, 1.54) is 13.0 Å². The fourth-order valence-corrected chi connectivity index (χ4v) is 2.15. The van der Waals surface area contributed by atoms with Crippen molar-refractivity contribution in [3.8, 4) is 0 Å². The highest BCUT2D eigenvalue weighted by Crippen LogP contribution is 2.33. The van der Waals surface area contributed by atoms with Crippen molar-refractivity contribution in [3.63, 3.8) is 0 Å². The van der Waals surface area contributed by atoms with E-state index >= 15 is 0 Å². The van der Waals surface area contributed by atoms with Crippen molar-refractivity contribution in [2.75, 3.05) is 7.11 Å². The first-order chi connectivity index (χ1) is 10.3. The molecular formula is C14H11NO7. The average molecular weight is 305 g/mol. The number of rotatable bonds is 3. The van der Waals surface area contributed by atoms with Crippen LogP contribution in [0.2, 0.25) is 0 Å². The minimum Gasteiger partial charge on any atom is -0.463 e. The summed E-state index contributed by atoms with van der Waals surface area (Å²) in [5.74, 6) is -2.37. The molecule has 0 aliphatic heterocycles. The van der Waals surface area contributed by atoms with Gasteiger partial charge in [0.25, 0.3) is 11.5 Å². The summed E-state index contributed by atoms with van der Waals surface area (Å²) in [5.41, 5.74) is -0.985. The molecule has 1 aromatic heterocycles. The van der Waals surface area contributed by atoms with Crippen LogP contribution in [0.1, 0.15) is 21.5 Å². The molecule has 0 amide bonds. The lowest BCUT2D eigenvalue weighted by atomic mass is 9.98. The third kappa shape index (κ3) is 2.34. The van der Waals surface area contributed by atoms with Crippen LogP contribution in [-0.2, 0) is 9.53 Å². The maximum absolute atomic E-state index is 12.0. The fraction of sp³-hybridized carbons (Fsp3) is 0.214. The van der Waals surface area contributed by atoms with E-state index < -0.39 is 27.9 Å². The van der Waals surface area contributed by atoms with Crippen molar-refractivity contribution in [2.45, 2.75) is 13.8 Å². The molecule has 0 saturated heterocycles. The van der Waals surface area contributed by atoms with Crippen LogP contribution in [0, 0.1) is 24.0 Å². The van der Waals surface area contributed by atoms with Crippen LogP contribution in [-0.4, -0.2) is 23.8 Å². The lowest BCUT2D eigenvalue weighted by Gasteiger charge is -2.08. The summed E-state index contributed by atoms with van der Waals surface area (Å²) in [6, 6.07) is 2.16. The Balaban J connectivity index is 3.02. The van der Waals surface area contributed by atoms with E-state index in [0.717, 1.165) is 13.2 Å². The first kappa shape index (κ1) is 15.4. The molecule has 0 spiro atoms. The van der Waals surface area contributed by atoms with Gasteiger partial charge in [0.15, 0.2) is 0 Å². The van der Waals surface area contributed by atoms with Gasteiger partial charge < -0.3 is 9.15 Å². The first-order valence-electron chi connectivity index (χ1n) is 6.13. The fourth-order valence-electron chi connectivity index (χ4n) is 2.15. The van der Waals surface area contributed by atoms with Gasteiger partial charge in [0.05, 0.1) is 17.6 Å². The van der Waals surface area contributed by atoms with Crippen LogP contribution < -0.4 is 5.63 Å². The Labute approximate surface area is 123 Å². The molecule has 1 aromatic carbocycles. The monoisotopic (exact) mass is 305 g/mol. The number of aryl methyl sites for hydroxylation is 1. The van der Waals surface area contributed by atoms with Crippen LogP contribution in [0.15, 0.2) is 21.3 Å². The first-order valence-corrected chi connectivity index (χ1v) is 6.13. The van der Waals surface area contributed by atoms with E-state index in [9.17, 15) is 24.5 Å². The highest BCUT2D eigenvalue weighted by molar-refractivity contribution is 6.43. The lowest BCUT2D eigenvalue weighted by Crippen LogP contribution is -2.18. The molecule has 8 heteroatoms. The summed E-state index contributed by atoms with van der Waals surface area (Å²) in [6.07, 6.45) is 0. The summed E-state index contributed by atoms with van der Waals surface area (Å²) in [6.45, 7) is 3.11. The van der Waals surface area contributed by atoms with E-state index in [4.69, 9.17) is 4.42 Å². The van der Waals surface area contributed by atoms with Crippen LogP contribution in [0.5, 0.6) is 0 Å². The Hall–Kier alpha value is -3.03. The molecule has 0 fully saturated rings. The van der Waals surface area contributed by atoms with Crippen molar-refractivity contribution < 1.29 is 23.7 Å². The second kappa shape index (κ2) is 5.40. The lowest BCUT2D eigenvalue weighted by molar-refractivity contribution is -0.383. The molecule has 0 atom stereocenters. The van der Waals surface area contributed by atoms with Gasteiger partial charge in [-0.15, -0.1) is 0 Å². The van der Waals surface area contributed by atoms with Crippen LogP contribution >= 0.6 is 0 Å². The van der Waals surface area contributed by atoms with Crippen molar-refractivity contribution in [3.05, 3.63) is 49.4 Å². The zero-order chi connectivity index (χ0) is 16.6. The highest BCUT2D eigenvalue weighted by Gasteiger charge is 2.28. The molecule has 0 unspecified atom stereocenters. The molecule has 0 aliphatic rings. The molecule has 22 heavy (non-hydrogen) atoms. The van der Waals surface area contributed by atoms with Gasteiger partial charge in [0.2, 0.25) is 0 Å². The van der Waals surface area contributed by atoms with Crippen molar-refractivity contribution >= 4 is 28.4 Å². The number of hydrogen-bond donors (Lipinski definition) is 0. The summed E-state index contributed by atoms with van der Waals surface area (Å²) in [4.78, 5) is 45.7. The Bertz CT molecular complexity index is 879. The number of carbonyl (C=O) groups excluding carboxylic acids is 2. The molecule has 2 aromatic rings. The highest BCUT2D eigenvalue weighted by atomic mass is 16.6.